The van der Waals surface area contributed by atoms with Gasteiger partial charge in [0.05, 0.1) is 21.9 Å². The summed E-state index contributed by atoms with van der Waals surface area (Å²) in [7, 11) is -3.21. The van der Waals surface area contributed by atoms with Gasteiger partial charge in [0.1, 0.15) is 0 Å². The first-order valence-electron chi connectivity index (χ1n) is 6.52. The van der Waals surface area contributed by atoms with Crippen LogP contribution in [0.3, 0.4) is 0 Å². The minimum absolute atomic E-state index is 0.0978. The Balaban J connectivity index is 2.91. The second-order valence-corrected chi connectivity index (χ2v) is 7.19. The fourth-order valence-corrected chi connectivity index (χ4v) is 2.86. The van der Waals surface area contributed by atoms with E-state index in [0.717, 1.165) is 0 Å². The van der Waals surface area contributed by atoms with E-state index in [9.17, 15) is 8.42 Å². The van der Waals surface area contributed by atoms with Crippen LogP contribution in [-0.4, -0.2) is 32.9 Å². The molecule has 1 aromatic carbocycles. The number of rotatable bonds is 7. The highest BCUT2D eigenvalue weighted by Crippen LogP contribution is 2.23. The van der Waals surface area contributed by atoms with Crippen LogP contribution >= 0.6 is 0 Å². The Labute approximate surface area is 116 Å². The summed E-state index contributed by atoms with van der Waals surface area (Å²) in [5, 5.41) is 3.17. The van der Waals surface area contributed by atoms with E-state index in [-0.39, 0.29) is 11.4 Å². The van der Waals surface area contributed by atoms with E-state index < -0.39 is 9.84 Å². The number of ether oxygens (including phenoxy) is 1. The van der Waals surface area contributed by atoms with E-state index in [1.807, 2.05) is 26.8 Å². The predicted molar refractivity (Wildman–Crippen MR) is 78.4 cm³/mol. The van der Waals surface area contributed by atoms with Crippen molar-refractivity contribution >= 4 is 15.5 Å². The molecule has 1 aromatic rings. The van der Waals surface area contributed by atoms with E-state index >= 15 is 0 Å². The van der Waals surface area contributed by atoms with Crippen LogP contribution in [0.2, 0.25) is 0 Å². The summed E-state index contributed by atoms with van der Waals surface area (Å²) in [6.07, 6.45) is 0. The lowest BCUT2D eigenvalue weighted by atomic mass is 10.1. The number of hydrogen-bond donors (Lipinski definition) is 1. The molecule has 0 saturated heterocycles. The molecule has 0 bridgehead atoms. The summed E-state index contributed by atoms with van der Waals surface area (Å²) in [6.45, 7) is 8.72. The monoisotopic (exact) mass is 285 g/mol. The number of para-hydroxylation sites is 1. The third kappa shape index (κ3) is 4.51. The van der Waals surface area contributed by atoms with Gasteiger partial charge in [-0.3, -0.25) is 0 Å². The maximum atomic E-state index is 12.0. The Morgan fingerprint density at radius 1 is 1.21 bits per heavy atom. The molecule has 0 radical (unpaired) electrons. The molecule has 0 fully saturated rings. The number of sulfone groups is 1. The Bertz CT molecular complexity index is 509. The van der Waals surface area contributed by atoms with Crippen LogP contribution in [0, 0.1) is 0 Å². The SMILES string of the molecule is CCOC(C)(C)CNc1ccccc1S(=O)(=O)CC. The van der Waals surface area contributed by atoms with Crippen molar-refractivity contribution in [2.24, 2.45) is 0 Å². The lowest BCUT2D eigenvalue weighted by molar-refractivity contribution is 0.000660. The molecule has 0 heterocycles. The van der Waals surface area contributed by atoms with Crippen LogP contribution in [0.25, 0.3) is 0 Å². The molecule has 0 amide bonds. The standard InChI is InChI=1S/C14H23NO3S/c1-5-18-14(3,4)11-15-12-9-7-8-10-13(12)19(16,17)6-2/h7-10,15H,5-6,11H2,1-4H3. The first-order chi connectivity index (χ1) is 8.82. The second-order valence-electron chi connectivity index (χ2n) is 4.95. The van der Waals surface area contributed by atoms with Gasteiger partial charge in [0.2, 0.25) is 0 Å². The summed E-state index contributed by atoms with van der Waals surface area (Å²) in [5.74, 6) is 0.0978. The summed E-state index contributed by atoms with van der Waals surface area (Å²) in [4.78, 5) is 0.352. The quantitative estimate of drug-likeness (QED) is 0.837. The second kappa shape index (κ2) is 6.39. The minimum Gasteiger partial charge on any atom is -0.381 e. The summed E-state index contributed by atoms with van der Waals surface area (Å²) >= 11 is 0. The molecular weight excluding hydrogens is 262 g/mol. The number of benzene rings is 1. The van der Waals surface area contributed by atoms with Crippen molar-refractivity contribution in [2.75, 3.05) is 24.2 Å². The smallest absolute Gasteiger partial charge is 0.180 e. The maximum absolute atomic E-state index is 12.0. The normalized spacial score (nSPS) is 12.4. The topological polar surface area (TPSA) is 55.4 Å². The van der Waals surface area contributed by atoms with Gasteiger partial charge in [0.25, 0.3) is 0 Å². The highest BCUT2D eigenvalue weighted by atomic mass is 32.2. The van der Waals surface area contributed by atoms with Crippen molar-refractivity contribution < 1.29 is 13.2 Å². The largest absolute Gasteiger partial charge is 0.381 e. The molecule has 0 spiro atoms. The molecule has 0 saturated carbocycles. The minimum atomic E-state index is -3.21. The van der Waals surface area contributed by atoms with Crippen molar-refractivity contribution in [1.82, 2.24) is 0 Å². The van der Waals surface area contributed by atoms with Crippen LogP contribution in [0.1, 0.15) is 27.7 Å². The molecule has 0 atom stereocenters. The molecule has 1 rings (SSSR count). The zero-order chi connectivity index (χ0) is 14.5. The Morgan fingerprint density at radius 2 is 1.84 bits per heavy atom. The van der Waals surface area contributed by atoms with Gasteiger partial charge in [0.15, 0.2) is 9.84 Å². The van der Waals surface area contributed by atoms with Crippen LogP contribution in [-0.2, 0) is 14.6 Å². The molecule has 5 heteroatoms. The summed E-state index contributed by atoms with van der Waals surface area (Å²) < 4.78 is 29.6. The van der Waals surface area contributed by atoms with E-state index in [1.165, 1.54) is 0 Å². The van der Waals surface area contributed by atoms with Gasteiger partial charge in [-0.05, 0) is 32.9 Å². The first kappa shape index (κ1) is 16.0. The van der Waals surface area contributed by atoms with Crippen molar-refractivity contribution in [3.8, 4) is 0 Å². The fourth-order valence-electron chi connectivity index (χ4n) is 1.79. The van der Waals surface area contributed by atoms with E-state index in [0.29, 0.717) is 23.7 Å². The molecule has 19 heavy (non-hydrogen) atoms. The van der Waals surface area contributed by atoms with Crippen LogP contribution in [0.4, 0.5) is 5.69 Å². The van der Waals surface area contributed by atoms with Crippen LogP contribution in [0.15, 0.2) is 29.2 Å². The highest BCUT2D eigenvalue weighted by molar-refractivity contribution is 7.91. The average molecular weight is 285 g/mol. The van der Waals surface area contributed by atoms with Gasteiger partial charge in [-0.15, -0.1) is 0 Å². The Morgan fingerprint density at radius 3 is 2.42 bits per heavy atom. The fraction of sp³-hybridized carbons (Fsp3) is 0.571. The molecular formula is C14H23NO3S. The number of nitrogens with one attached hydrogen (secondary N) is 1. The summed E-state index contributed by atoms with van der Waals surface area (Å²) in [5.41, 5.74) is 0.301. The first-order valence-corrected chi connectivity index (χ1v) is 8.17. The van der Waals surface area contributed by atoms with E-state index in [4.69, 9.17) is 4.74 Å². The third-order valence-corrected chi connectivity index (χ3v) is 4.63. The lowest BCUT2D eigenvalue weighted by Gasteiger charge is -2.26. The van der Waals surface area contributed by atoms with Gasteiger partial charge < -0.3 is 10.1 Å². The van der Waals surface area contributed by atoms with Crippen LogP contribution in [0.5, 0.6) is 0 Å². The Kier molecular flexibility index (Phi) is 5.38. The van der Waals surface area contributed by atoms with Gasteiger partial charge in [-0.1, -0.05) is 19.1 Å². The molecule has 108 valence electrons. The molecule has 0 aliphatic heterocycles. The molecule has 1 N–H and O–H groups in total. The lowest BCUT2D eigenvalue weighted by Crippen LogP contribution is -2.33. The van der Waals surface area contributed by atoms with Crippen LogP contribution < -0.4 is 5.32 Å². The average Bonchev–Trinajstić information content (AvgIpc) is 2.37. The van der Waals surface area contributed by atoms with Gasteiger partial charge in [-0.25, -0.2) is 8.42 Å². The maximum Gasteiger partial charge on any atom is 0.180 e. The van der Waals surface area contributed by atoms with Crippen molar-refractivity contribution in [2.45, 2.75) is 38.2 Å². The third-order valence-electron chi connectivity index (χ3n) is 2.84. The van der Waals surface area contributed by atoms with Crippen molar-refractivity contribution in [1.29, 1.82) is 0 Å². The Hall–Kier alpha value is -1.07. The molecule has 0 aliphatic rings. The predicted octanol–water partition coefficient (Wildman–Crippen LogP) is 2.71. The molecule has 4 nitrogen and oxygen atoms in total. The van der Waals surface area contributed by atoms with Gasteiger partial charge in [-0.2, -0.15) is 0 Å². The van der Waals surface area contributed by atoms with Crippen molar-refractivity contribution in [3.05, 3.63) is 24.3 Å². The highest BCUT2D eigenvalue weighted by Gasteiger charge is 2.20. The summed E-state index contributed by atoms with van der Waals surface area (Å²) in [6, 6.07) is 6.98. The number of anilines is 1. The molecule has 0 aromatic heterocycles. The van der Waals surface area contributed by atoms with E-state index in [1.54, 1.807) is 25.1 Å². The zero-order valence-corrected chi connectivity index (χ0v) is 12.9. The zero-order valence-electron chi connectivity index (χ0n) is 12.1. The van der Waals surface area contributed by atoms with Gasteiger partial charge >= 0.3 is 0 Å². The molecule has 0 aliphatic carbocycles. The molecule has 0 unspecified atom stereocenters. The van der Waals surface area contributed by atoms with Gasteiger partial charge in [0, 0.05) is 13.2 Å². The van der Waals surface area contributed by atoms with E-state index in [2.05, 4.69) is 5.32 Å². The number of hydrogen-bond acceptors (Lipinski definition) is 4. The van der Waals surface area contributed by atoms with Crippen molar-refractivity contribution in [3.63, 3.8) is 0 Å².